The van der Waals surface area contributed by atoms with Crippen LogP contribution in [0.15, 0.2) is 0 Å². The summed E-state index contributed by atoms with van der Waals surface area (Å²) in [6, 6.07) is 0. The highest BCUT2D eigenvalue weighted by Gasteiger charge is 2.25. The van der Waals surface area contributed by atoms with Gasteiger partial charge in [-0.2, -0.15) is 4.89 Å². The third kappa shape index (κ3) is 9.15. The maximum Gasteiger partial charge on any atom is 0.542 e. The zero-order chi connectivity index (χ0) is 15.6. The first-order valence-electron chi connectivity index (χ1n) is 7.56. The Morgan fingerprint density at radius 1 is 1.20 bits per heavy atom. The third-order valence-corrected chi connectivity index (χ3v) is 3.44. The smallest absolute Gasteiger partial charge is 0.429 e. The van der Waals surface area contributed by atoms with E-state index in [-0.39, 0.29) is 6.10 Å². The summed E-state index contributed by atoms with van der Waals surface area (Å²) >= 11 is 0. The van der Waals surface area contributed by atoms with Gasteiger partial charge in [-0.25, -0.2) is 9.68 Å². The molecule has 0 spiro atoms. The average Bonchev–Trinajstić information content (AvgIpc) is 2.38. The van der Waals surface area contributed by atoms with Crippen LogP contribution >= 0.6 is 0 Å². The molecule has 5 heteroatoms. The highest BCUT2D eigenvalue weighted by molar-refractivity contribution is 5.59. The van der Waals surface area contributed by atoms with Crippen molar-refractivity contribution >= 4 is 6.16 Å². The second kappa shape index (κ2) is 10.00. The van der Waals surface area contributed by atoms with Gasteiger partial charge in [0.1, 0.15) is 11.7 Å². The van der Waals surface area contributed by atoms with Crippen LogP contribution in [0.1, 0.15) is 73.6 Å². The maximum atomic E-state index is 11.2. The Morgan fingerprint density at radius 2 is 1.85 bits per heavy atom. The summed E-state index contributed by atoms with van der Waals surface area (Å²) in [5, 5.41) is 4.58. The first-order valence-corrected chi connectivity index (χ1v) is 7.56. The Morgan fingerprint density at radius 3 is 2.35 bits per heavy atom. The fraction of sp³-hybridized carbons (Fsp3) is 0.933. The molecule has 20 heavy (non-hydrogen) atoms. The summed E-state index contributed by atoms with van der Waals surface area (Å²) in [6.07, 6.45) is 3.45. The van der Waals surface area contributed by atoms with Crippen molar-refractivity contribution in [2.45, 2.75) is 85.4 Å². The van der Waals surface area contributed by atoms with Gasteiger partial charge in [-0.05, 0) is 44.1 Å². The zero-order valence-corrected chi connectivity index (χ0v) is 13.7. The minimum absolute atomic E-state index is 0.199. The summed E-state index contributed by atoms with van der Waals surface area (Å²) in [6.45, 7) is 12.0. The van der Waals surface area contributed by atoms with E-state index >= 15 is 0 Å². The minimum Gasteiger partial charge on any atom is -0.429 e. The lowest BCUT2D eigenvalue weighted by Crippen LogP contribution is -2.29. The van der Waals surface area contributed by atoms with Crippen molar-refractivity contribution in [1.82, 2.24) is 0 Å². The number of rotatable bonds is 10. The van der Waals surface area contributed by atoms with E-state index in [1.54, 1.807) is 6.92 Å². The highest BCUT2D eigenvalue weighted by Crippen LogP contribution is 2.24. The maximum absolute atomic E-state index is 11.2. The molecule has 120 valence electrons. The van der Waals surface area contributed by atoms with Gasteiger partial charge in [0.15, 0.2) is 0 Å². The molecule has 5 nitrogen and oxygen atoms in total. The Labute approximate surface area is 122 Å². The molecule has 0 aliphatic heterocycles. The minimum atomic E-state index is -0.875. The number of ether oxygens (including phenoxy) is 1. The van der Waals surface area contributed by atoms with E-state index in [9.17, 15) is 4.79 Å². The van der Waals surface area contributed by atoms with Crippen LogP contribution in [0.3, 0.4) is 0 Å². The molecule has 0 N–H and O–H groups in total. The standard InChI is InChI=1S/C15H30O5/c1-7-13(5)17-14(16)18-20-19-15(6,8-2)11-9-10-12(3)4/h12-13H,7-11H2,1-6H3. The molecule has 0 rings (SSSR count). The van der Waals surface area contributed by atoms with Crippen LogP contribution in [0.2, 0.25) is 0 Å². The molecule has 0 fully saturated rings. The van der Waals surface area contributed by atoms with E-state index in [1.807, 2.05) is 20.8 Å². The third-order valence-electron chi connectivity index (χ3n) is 3.44. The Bertz CT molecular complexity index is 267. The van der Waals surface area contributed by atoms with Gasteiger partial charge in [0, 0.05) is 0 Å². The van der Waals surface area contributed by atoms with Crippen molar-refractivity contribution in [3.8, 4) is 0 Å². The van der Waals surface area contributed by atoms with Gasteiger partial charge in [0.2, 0.25) is 0 Å². The predicted octanol–water partition coefficient (Wildman–Crippen LogP) is 4.80. The molecule has 0 bridgehead atoms. The van der Waals surface area contributed by atoms with E-state index in [1.165, 1.54) is 0 Å². The second-order valence-electron chi connectivity index (χ2n) is 5.91. The fourth-order valence-corrected chi connectivity index (χ4v) is 1.56. The molecule has 0 aliphatic rings. The number of hydrogen-bond acceptors (Lipinski definition) is 5. The largest absolute Gasteiger partial charge is 0.542 e. The summed E-state index contributed by atoms with van der Waals surface area (Å²) in [4.78, 5) is 20.9. The average molecular weight is 290 g/mol. The van der Waals surface area contributed by atoms with Crippen LogP contribution in [0.25, 0.3) is 0 Å². The summed E-state index contributed by atoms with van der Waals surface area (Å²) in [7, 11) is 0. The SMILES string of the molecule is CCC(C)OC(=O)OOOC(C)(CC)CCCC(C)C. The van der Waals surface area contributed by atoms with Crippen LogP contribution in [-0.4, -0.2) is 17.9 Å². The van der Waals surface area contributed by atoms with Crippen LogP contribution < -0.4 is 0 Å². The summed E-state index contributed by atoms with van der Waals surface area (Å²) in [5.41, 5.74) is -0.453. The van der Waals surface area contributed by atoms with E-state index in [0.29, 0.717) is 5.92 Å². The molecule has 0 aliphatic carbocycles. The molecular formula is C15H30O5. The fourth-order valence-electron chi connectivity index (χ4n) is 1.56. The van der Waals surface area contributed by atoms with Crippen LogP contribution in [0.4, 0.5) is 4.79 Å². The highest BCUT2D eigenvalue weighted by atomic mass is 17.5. The van der Waals surface area contributed by atoms with E-state index in [0.717, 1.165) is 32.1 Å². The van der Waals surface area contributed by atoms with Gasteiger partial charge < -0.3 is 4.74 Å². The molecule has 0 aromatic rings. The molecule has 0 aromatic heterocycles. The van der Waals surface area contributed by atoms with E-state index in [4.69, 9.17) is 9.62 Å². The predicted molar refractivity (Wildman–Crippen MR) is 76.9 cm³/mol. The first kappa shape index (κ1) is 19.2. The van der Waals surface area contributed by atoms with Crippen LogP contribution in [0.5, 0.6) is 0 Å². The van der Waals surface area contributed by atoms with Crippen molar-refractivity contribution in [3.63, 3.8) is 0 Å². The molecule has 0 radical (unpaired) electrons. The topological polar surface area (TPSA) is 54.0 Å². The normalized spacial score (nSPS) is 15.8. The van der Waals surface area contributed by atoms with Gasteiger partial charge in [-0.1, -0.05) is 40.5 Å². The molecule has 0 saturated carbocycles. The molecule has 2 atom stereocenters. The van der Waals surface area contributed by atoms with Crippen molar-refractivity contribution in [3.05, 3.63) is 0 Å². The molecule has 0 saturated heterocycles. The van der Waals surface area contributed by atoms with Crippen molar-refractivity contribution in [1.29, 1.82) is 0 Å². The molecule has 0 amide bonds. The van der Waals surface area contributed by atoms with Crippen molar-refractivity contribution < 1.29 is 24.3 Å². The quantitative estimate of drug-likeness (QED) is 0.329. The molecule has 0 aromatic carbocycles. The van der Waals surface area contributed by atoms with Crippen molar-refractivity contribution in [2.75, 3.05) is 0 Å². The van der Waals surface area contributed by atoms with Crippen LogP contribution in [-0.2, 0) is 19.6 Å². The zero-order valence-electron chi connectivity index (χ0n) is 13.7. The number of carbonyl (C=O) groups is 1. The summed E-state index contributed by atoms with van der Waals surface area (Å²) in [5.74, 6) is 0.666. The number of carbonyl (C=O) groups excluding carboxylic acids is 1. The van der Waals surface area contributed by atoms with Gasteiger partial charge >= 0.3 is 6.16 Å². The number of hydrogen-bond donors (Lipinski definition) is 0. The molecule has 0 heterocycles. The van der Waals surface area contributed by atoms with E-state index < -0.39 is 11.8 Å². The Kier molecular flexibility index (Phi) is 9.59. The van der Waals surface area contributed by atoms with Gasteiger partial charge in [0.25, 0.3) is 0 Å². The first-order chi connectivity index (χ1) is 9.33. The Hall–Kier alpha value is -0.810. The van der Waals surface area contributed by atoms with Crippen LogP contribution in [0, 0.1) is 5.92 Å². The van der Waals surface area contributed by atoms with Gasteiger partial charge in [-0.3, -0.25) is 0 Å². The van der Waals surface area contributed by atoms with Gasteiger partial charge in [-0.15, -0.1) is 0 Å². The molecular weight excluding hydrogens is 260 g/mol. The van der Waals surface area contributed by atoms with E-state index in [2.05, 4.69) is 23.8 Å². The summed E-state index contributed by atoms with van der Waals surface area (Å²) < 4.78 is 4.89. The van der Waals surface area contributed by atoms with Gasteiger partial charge in [0.05, 0.1) is 0 Å². The second-order valence-corrected chi connectivity index (χ2v) is 5.91. The Balaban J connectivity index is 3.95. The monoisotopic (exact) mass is 290 g/mol. The lowest BCUT2D eigenvalue weighted by Gasteiger charge is -2.25. The molecule has 2 unspecified atom stereocenters. The lowest BCUT2D eigenvalue weighted by molar-refractivity contribution is -0.520. The lowest BCUT2D eigenvalue weighted by atomic mass is 9.94. The van der Waals surface area contributed by atoms with Crippen molar-refractivity contribution in [2.24, 2.45) is 5.92 Å².